The minimum Gasteiger partial charge on any atom is -0.371 e. The number of aryl methyl sites for hydroxylation is 2. The lowest BCUT2D eigenvalue weighted by Crippen LogP contribution is -2.23. The van der Waals surface area contributed by atoms with Gasteiger partial charge in [-0.05, 0) is 29.5 Å². The fraction of sp³-hybridized carbons (Fsp3) is 0.333. The summed E-state index contributed by atoms with van der Waals surface area (Å²) in [5.74, 6) is 2.48. The Morgan fingerprint density at radius 2 is 1.91 bits per heavy atom. The lowest BCUT2D eigenvalue weighted by Gasteiger charge is -2.22. The van der Waals surface area contributed by atoms with E-state index in [1.165, 1.54) is 22.1 Å². The average molecular weight is 470 g/mol. The van der Waals surface area contributed by atoms with Crippen molar-refractivity contribution in [3.8, 4) is 11.1 Å². The number of hydrogen-bond acceptors (Lipinski definition) is 8. The molecule has 11 heteroatoms. The fourth-order valence-corrected chi connectivity index (χ4v) is 5.37. The number of aromatic nitrogens is 8. The van der Waals surface area contributed by atoms with Gasteiger partial charge in [0.2, 0.25) is 5.89 Å². The Bertz CT molecular complexity index is 1620. The minimum atomic E-state index is -0.179. The maximum absolute atomic E-state index is 12.8. The predicted octanol–water partition coefficient (Wildman–Crippen LogP) is 1.81. The highest BCUT2D eigenvalue weighted by atomic mass is 16.5. The van der Waals surface area contributed by atoms with Crippen molar-refractivity contribution in [1.29, 1.82) is 0 Å². The molecule has 35 heavy (non-hydrogen) atoms. The maximum Gasteiger partial charge on any atom is 0.280 e. The van der Waals surface area contributed by atoms with Gasteiger partial charge in [0, 0.05) is 50.6 Å². The first-order valence-electron chi connectivity index (χ1n) is 11.6. The first-order valence-corrected chi connectivity index (χ1v) is 11.6. The van der Waals surface area contributed by atoms with E-state index < -0.39 is 0 Å². The van der Waals surface area contributed by atoms with Gasteiger partial charge in [-0.2, -0.15) is 10.1 Å². The second kappa shape index (κ2) is 7.36. The largest absolute Gasteiger partial charge is 0.371 e. The van der Waals surface area contributed by atoms with Gasteiger partial charge < -0.3 is 14.0 Å². The summed E-state index contributed by atoms with van der Waals surface area (Å²) in [5.41, 5.74) is 4.22. The maximum atomic E-state index is 12.8. The molecule has 0 bridgehead atoms. The molecule has 5 aromatic rings. The molecule has 2 aliphatic rings. The summed E-state index contributed by atoms with van der Waals surface area (Å²) in [6.07, 6.45) is 6.98. The van der Waals surface area contributed by atoms with E-state index in [2.05, 4.69) is 54.4 Å². The van der Waals surface area contributed by atoms with Crippen molar-refractivity contribution in [1.82, 2.24) is 39.0 Å². The van der Waals surface area contributed by atoms with E-state index in [1.807, 2.05) is 24.1 Å². The SMILES string of the molecule is Cn1cc(-c2cccc(N3C[C@@H]4[C@H](C3)[C@@H]4c3noc(Cn4cnc5ncn(C)c5c4=O)n3)c2)cn1. The predicted molar refractivity (Wildman–Crippen MR) is 127 cm³/mol. The van der Waals surface area contributed by atoms with Gasteiger partial charge in [-0.1, -0.05) is 17.3 Å². The van der Waals surface area contributed by atoms with Crippen molar-refractivity contribution in [3.05, 3.63) is 71.4 Å². The third-order valence-electron chi connectivity index (χ3n) is 7.23. The van der Waals surface area contributed by atoms with Crippen molar-refractivity contribution in [3.63, 3.8) is 0 Å². The topological polar surface area (TPSA) is 113 Å². The first-order chi connectivity index (χ1) is 17.0. The summed E-state index contributed by atoms with van der Waals surface area (Å²) in [6.45, 7) is 2.13. The standard InChI is InChI=1S/C24H23N9O2/c1-30-12-25-23-21(30)24(34)33(13-26-23)11-19-28-22(29-35-19)20-17-9-32(10-18(17)20)16-5-3-4-14(6-16)15-7-27-31(2)8-15/h3-8,12-13,17-18,20H,9-11H2,1-2H3/t17-,18+,20-. The number of rotatable bonds is 5. The van der Waals surface area contributed by atoms with Crippen LogP contribution in [0, 0.1) is 11.8 Å². The Kier molecular flexibility index (Phi) is 4.23. The molecule has 0 spiro atoms. The average Bonchev–Trinajstić information content (AvgIpc) is 3.43. The lowest BCUT2D eigenvalue weighted by atomic mass is 10.1. The summed E-state index contributed by atoms with van der Waals surface area (Å²) < 4.78 is 10.5. The van der Waals surface area contributed by atoms with Crippen molar-refractivity contribution < 1.29 is 4.52 Å². The molecule has 0 radical (unpaired) electrons. The summed E-state index contributed by atoms with van der Waals surface area (Å²) >= 11 is 0. The van der Waals surface area contributed by atoms with Crippen LogP contribution in [0.3, 0.4) is 0 Å². The van der Waals surface area contributed by atoms with Crippen LogP contribution in [0.2, 0.25) is 0 Å². The van der Waals surface area contributed by atoms with Crippen LogP contribution in [-0.4, -0.2) is 52.1 Å². The third-order valence-corrected chi connectivity index (χ3v) is 7.23. The second-order valence-corrected chi connectivity index (χ2v) is 9.46. The van der Waals surface area contributed by atoms with Gasteiger partial charge in [0.05, 0.1) is 12.5 Å². The van der Waals surface area contributed by atoms with E-state index in [0.29, 0.717) is 34.8 Å². The van der Waals surface area contributed by atoms with Crippen molar-refractivity contribution in [2.75, 3.05) is 18.0 Å². The molecule has 1 saturated carbocycles. The molecule has 1 aromatic carbocycles. The Balaban J connectivity index is 1.04. The zero-order valence-electron chi connectivity index (χ0n) is 19.3. The molecule has 1 aliphatic heterocycles. The van der Waals surface area contributed by atoms with E-state index in [-0.39, 0.29) is 12.1 Å². The van der Waals surface area contributed by atoms with Crippen LogP contribution >= 0.6 is 0 Å². The fourth-order valence-electron chi connectivity index (χ4n) is 5.37. The number of nitrogens with zero attached hydrogens (tertiary/aromatic N) is 9. The molecule has 0 unspecified atom stereocenters. The first kappa shape index (κ1) is 20.1. The Hall–Kier alpha value is -4.28. The van der Waals surface area contributed by atoms with E-state index in [1.54, 1.807) is 17.9 Å². The van der Waals surface area contributed by atoms with Crippen LogP contribution in [0.25, 0.3) is 22.3 Å². The van der Waals surface area contributed by atoms with Crippen molar-refractivity contribution in [2.45, 2.75) is 12.5 Å². The minimum absolute atomic E-state index is 0.179. The van der Waals surface area contributed by atoms with Gasteiger partial charge in [0.1, 0.15) is 12.9 Å². The number of imidazole rings is 1. The lowest BCUT2D eigenvalue weighted by molar-refractivity contribution is 0.363. The molecule has 7 rings (SSSR count). The number of benzene rings is 1. The number of anilines is 1. The summed E-state index contributed by atoms with van der Waals surface area (Å²) in [4.78, 5) is 28.2. The van der Waals surface area contributed by atoms with Gasteiger partial charge in [-0.15, -0.1) is 0 Å². The summed E-state index contributed by atoms with van der Waals surface area (Å²) in [5, 5.41) is 8.53. The number of piperidine rings is 1. The highest BCUT2D eigenvalue weighted by molar-refractivity contribution is 5.69. The van der Waals surface area contributed by atoms with Crippen LogP contribution in [0.4, 0.5) is 5.69 Å². The van der Waals surface area contributed by atoms with Gasteiger partial charge in [0.25, 0.3) is 5.56 Å². The van der Waals surface area contributed by atoms with E-state index in [0.717, 1.165) is 24.5 Å². The van der Waals surface area contributed by atoms with E-state index in [9.17, 15) is 4.79 Å². The van der Waals surface area contributed by atoms with Crippen molar-refractivity contribution in [2.24, 2.45) is 25.9 Å². The van der Waals surface area contributed by atoms with Crippen LogP contribution in [0.1, 0.15) is 17.6 Å². The molecule has 0 amide bonds. The molecule has 11 nitrogen and oxygen atoms in total. The van der Waals surface area contributed by atoms with Crippen LogP contribution in [-0.2, 0) is 20.6 Å². The van der Waals surface area contributed by atoms with Crippen LogP contribution < -0.4 is 10.5 Å². The molecular formula is C24H23N9O2. The normalized spacial score (nSPS) is 21.1. The molecule has 0 N–H and O–H groups in total. The molecule has 5 heterocycles. The van der Waals surface area contributed by atoms with Gasteiger partial charge in [0.15, 0.2) is 17.0 Å². The van der Waals surface area contributed by atoms with Crippen molar-refractivity contribution >= 4 is 16.9 Å². The molecule has 3 atom stereocenters. The molecular weight excluding hydrogens is 446 g/mol. The quantitative estimate of drug-likeness (QED) is 0.383. The van der Waals surface area contributed by atoms with E-state index >= 15 is 0 Å². The summed E-state index contributed by atoms with van der Waals surface area (Å²) in [6, 6.07) is 8.61. The number of fused-ring (bicyclic) bond motifs is 2. The monoisotopic (exact) mass is 469 g/mol. The highest BCUT2D eigenvalue weighted by Crippen LogP contribution is 2.58. The second-order valence-electron chi connectivity index (χ2n) is 9.46. The van der Waals surface area contributed by atoms with Crippen LogP contribution in [0.15, 0.2) is 58.6 Å². The van der Waals surface area contributed by atoms with Gasteiger partial charge >= 0.3 is 0 Å². The molecule has 4 aromatic heterocycles. The zero-order chi connectivity index (χ0) is 23.7. The Morgan fingerprint density at radius 3 is 2.71 bits per heavy atom. The Morgan fingerprint density at radius 1 is 1.09 bits per heavy atom. The third kappa shape index (κ3) is 3.26. The zero-order valence-corrected chi connectivity index (χ0v) is 19.3. The summed E-state index contributed by atoms with van der Waals surface area (Å²) in [7, 11) is 3.71. The molecule has 2 fully saturated rings. The molecule has 176 valence electrons. The van der Waals surface area contributed by atoms with Gasteiger partial charge in [-0.3, -0.25) is 14.0 Å². The van der Waals surface area contributed by atoms with E-state index in [4.69, 9.17) is 4.52 Å². The van der Waals surface area contributed by atoms with Gasteiger partial charge in [-0.25, -0.2) is 9.97 Å². The highest BCUT2D eigenvalue weighted by Gasteiger charge is 2.58. The Labute approximate surface area is 199 Å². The smallest absolute Gasteiger partial charge is 0.280 e. The van der Waals surface area contributed by atoms with Crippen LogP contribution in [0.5, 0.6) is 0 Å². The number of hydrogen-bond donors (Lipinski definition) is 0. The molecule has 1 aliphatic carbocycles. The molecule has 1 saturated heterocycles.